The molecular weight excluding hydrogens is 250 g/mol. The molecule has 0 spiro atoms. The van der Waals surface area contributed by atoms with Gasteiger partial charge in [0.2, 0.25) is 5.91 Å². The highest BCUT2D eigenvalue weighted by Gasteiger charge is 2.26. The van der Waals surface area contributed by atoms with Crippen molar-refractivity contribution in [2.75, 3.05) is 6.54 Å². The third-order valence-electron chi connectivity index (χ3n) is 2.87. The zero-order valence-electron chi connectivity index (χ0n) is 11.8. The van der Waals surface area contributed by atoms with E-state index in [0.29, 0.717) is 0 Å². The van der Waals surface area contributed by atoms with Gasteiger partial charge in [0.25, 0.3) is 0 Å². The Morgan fingerprint density at radius 2 is 1.63 bits per heavy atom. The number of rotatable bonds is 7. The molecule has 0 aromatic rings. The summed E-state index contributed by atoms with van der Waals surface area (Å²) in [4.78, 5) is 33.7. The van der Waals surface area contributed by atoms with Crippen LogP contribution >= 0.6 is 0 Å². The predicted octanol–water partition coefficient (Wildman–Crippen LogP) is 0.152. The van der Waals surface area contributed by atoms with Gasteiger partial charge in [-0.05, 0) is 11.8 Å². The topological polar surface area (TPSA) is 122 Å². The van der Waals surface area contributed by atoms with Crippen molar-refractivity contribution in [1.29, 1.82) is 0 Å². The minimum absolute atomic E-state index is 0.0233. The molecule has 0 aromatic carbocycles. The van der Waals surface area contributed by atoms with Crippen molar-refractivity contribution in [2.45, 2.75) is 33.7 Å². The number of nitrogens with one attached hydrogen (secondary N) is 2. The Morgan fingerprint density at radius 1 is 1.11 bits per heavy atom. The van der Waals surface area contributed by atoms with E-state index >= 15 is 0 Å². The fraction of sp³-hybridized carbons (Fsp3) is 0.750. The maximum absolute atomic E-state index is 11.9. The molecule has 7 nitrogen and oxygen atoms in total. The van der Waals surface area contributed by atoms with Crippen LogP contribution in [0.5, 0.6) is 0 Å². The number of nitrogens with two attached hydrogens (primary N) is 1. The average molecular weight is 273 g/mol. The Kier molecular flexibility index (Phi) is 6.89. The quantitative estimate of drug-likeness (QED) is 0.527. The van der Waals surface area contributed by atoms with Crippen molar-refractivity contribution < 1.29 is 19.5 Å². The third kappa shape index (κ3) is 6.08. The number of aliphatic carboxylic acids is 1. The van der Waals surface area contributed by atoms with Crippen LogP contribution < -0.4 is 16.4 Å². The SMILES string of the molecule is CC(C)C(CNC(=O)C(NC(N)=O)C(C)C)C(=O)O. The number of hydrogen-bond donors (Lipinski definition) is 4. The predicted molar refractivity (Wildman–Crippen MR) is 70.3 cm³/mol. The van der Waals surface area contributed by atoms with E-state index < -0.39 is 29.9 Å². The van der Waals surface area contributed by atoms with Crippen LogP contribution in [0.3, 0.4) is 0 Å². The molecule has 0 aliphatic carbocycles. The Bertz CT molecular complexity index is 342. The highest BCUT2D eigenvalue weighted by molar-refractivity contribution is 5.87. The minimum Gasteiger partial charge on any atom is -0.481 e. The zero-order valence-corrected chi connectivity index (χ0v) is 11.8. The van der Waals surface area contributed by atoms with Crippen LogP contribution in [0.1, 0.15) is 27.7 Å². The van der Waals surface area contributed by atoms with Gasteiger partial charge in [0.05, 0.1) is 5.92 Å². The normalized spacial score (nSPS) is 14.0. The van der Waals surface area contributed by atoms with E-state index in [1.807, 2.05) is 0 Å². The first-order chi connectivity index (χ1) is 8.66. The number of primary amides is 1. The lowest BCUT2D eigenvalue weighted by molar-refractivity contribution is -0.143. The number of carboxylic acids is 1. The van der Waals surface area contributed by atoms with Crippen molar-refractivity contribution in [3.8, 4) is 0 Å². The molecule has 2 unspecified atom stereocenters. The van der Waals surface area contributed by atoms with Crippen LogP contribution in [-0.2, 0) is 9.59 Å². The summed E-state index contributed by atoms with van der Waals surface area (Å²) < 4.78 is 0. The van der Waals surface area contributed by atoms with Crippen LogP contribution in [-0.4, -0.2) is 35.6 Å². The molecule has 0 aliphatic rings. The van der Waals surface area contributed by atoms with Gasteiger partial charge in [0.15, 0.2) is 0 Å². The standard InChI is InChI=1S/C12H23N3O4/c1-6(2)8(11(17)18)5-14-10(16)9(7(3)4)15-12(13)19/h6-9H,5H2,1-4H3,(H,14,16)(H,17,18)(H3,13,15,19). The van der Waals surface area contributed by atoms with Crippen LogP contribution in [0.15, 0.2) is 0 Å². The third-order valence-corrected chi connectivity index (χ3v) is 2.87. The van der Waals surface area contributed by atoms with E-state index in [0.717, 1.165) is 0 Å². The van der Waals surface area contributed by atoms with E-state index in [1.54, 1.807) is 27.7 Å². The Balaban J connectivity index is 4.56. The van der Waals surface area contributed by atoms with Gasteiger partial charge in [-0.3, -0.25) is 9.59 Å². The lowest BCUT2D eigenvalue weighted by Crippen LogP contribution is -2.52. The summed E-state index contributed by atoms with van der Waals surface area (Å²) in [6, 6.07) is -1.55. The maximum atomic E-state index is 11.9. The minimum atomic E-state index is -0.959. The van der Waals surface area contributed by atoms with Crippen LogP contribution in [0.2, 0.25) is 0 Å². The number of amides is 3. The molecule has 3 amide bonds. The average Bonchev–Trinajstić information content (AvgIpc) is 2.24. The van der Waals surface area contributed by atoms with Crippen LogP contribution in [0.25, 0.3) is 0 Å². The summed E-state index contributed by atoms with van der Waals surface area (Å²) >= 11 is 0. The summed E-state index contributed by atoms with van der Waals surface area (Å²) in [5.41, 5.74) is 5.00. The second-order valence-electron chi connectivity index (χ2n) is 5.16. The zero-order chi connectivity index (χ0) is 15.2. The van der Waals surface area contributed by atoms with Gasteiger partial charge in [-0.1, -0.05) is 27.7 Å². The van der Waals surface area contributed by atoms with Crippen molar-refractivity contribution in [3.63, 3.8) is 0 Å². The Hall–Kier alpha value is -1.79. The molecule has 19 heavy (non-hydrogen) atoms. The molecule has 0 saturated heterocycles. The highest BCUT2D eigenvalue weighted by atomic mass is 16.4. The second kappa shape index (κ2) is 7.60. The summed E-state index contributed by atoms with van der Waals surface area (Å²) in [7, 11) is 0. The molecular formula is C12H23N3O4. The number of carboxylic acid groups (broad SMARTS) is 1. The first-order valence-corrected chi connectivity index (χ1v) is 6.23. The fourth-order valence-corrected chi connectivity index (χ4v) is 1.62. The molecule has 0 aliphatic heterocycles. The molecule has 0 bridgehead atoms. The van der Waals surface area contributed by atoms with Gasteiger partial charge in [-0.25, -0.2) is 4.79 Å². The summed E-state index contributed by atoms with van der Waals surface area (Å²) in [6.45, 7) is 7.09. The summed E-state index contributed by atoms with van der Waals surface area (Å²) in [5, 5.41) is 13.9. The van der Waals surface area contributed by atoms with Gasteiger partial charge in [0.1, 0.15) is 6.04 Å². The summed E-state index contributed by atoms with van der Waals surface area (Å²) in [5.74, 6) is -2.29. The lowest BCUT2D eigenvalue weighted by Gasteiger charge is -2.22. The van der Waals surface area contributed by atoms with E-state index in [1.165, 1.54) is 0 Å². The number of urea groups is 1. The van der Waals surface area contributed by atoms with Crippen molar-refractivity contribution in [3.05, 3.63) is 0 Å². The largest absolute Gasteiger partial charge is 0.481 e. The first kappa shape index (κ1) is 17.2. The van der Waals surface area contributed by atoms with Gasteiger partial charge in [-0.15, -0.1) is 0 Å². The molecule has 0 rings (SSSR count). The van der Waals surface area contributed by atoms with E-state index in [2.05, 4.69) is 10.6 Å². The number of carbonyl (C=O) groups excluding carboxylic acids is 2. The van der Waals surface area contributed by atoms with Crippen molar-refractivity contribution in [2.24, 2.45) is 23.5 Å². The second-order valence-corrected chi connectivity index (χ2v) is 5.16. The van der Waals surface area contributed by atoms with E-state index in [9.17, 15) is 14.4 Å². The van der Waals surface area contributed by atoms with Crippen LogP contribution in [0, 0.1) is 17.8 Å². The smallest absolute Gasteiger partial charge is 0.312 e. The van der Waals surface area contributed by atoms with Crippen LogP contribution in [0.4, 0.5) is 4.79 Å². The van der Waals surface area contributed by atoms with Gasteiger partial charge < -0.3 is 21.5 Å². The molecule has 0 fully saturated rings. The lowest BCUT2D eigenvalue weighted by atomic mass is 9.95. The van der Waals surface area contributed by atoms with Crippen molar-refractivity contribution >= 4 is 17.9 Å². The molecule has 5 N–H and O–H groups in total. The molecule has 0 saturated carbocycles. The van der Waals surface area contributed by atoms with Gasteiger partial charge in [0, 0.05) is 6.54 Å². The molecule has 2 atom stereocenters. The van der Waals surface area contributed by atoms with Gasteiger partial charge >= 0.3 is 12.0 Å². The fourth-order valence-electron chi connectivity index (χ4n) is 1.62. The van der Waals surface area contributed by atoms with E-state index in [-0.39, 0.29) is 18.4 Å². The Morgan fingerprint density at radius 3 is 1.95 bits per heavy atom. The molecule has 7 heteroatoms. The maximum Gasteiger partial charge on any atom is 0.312 e. The molecule has 0 heterocycles. The molecule has 110 valence electrons. The summed E-state index contributed by atoms with van der Waals surface area (Å²) in [6.07, 6.45) is 0. The highest BCUT2D eigenvalue weighted by Crippen LogP contribution is 2.10. The number of hydrogen-bond acceptors (Lipinski definition) is 3. The molecule has 0 aromatic heterocycles. The van der Waals surface area contributed by atoms with E-state index in [4.69, 9.17) is 10.8 Å². The van der Waals surface area contributed by atoms with Crippen molar-refractivity contribution in [1.82, 2.24) is 10.6 Å². The first-order valence-electron chi connectivity index (χ1n) is 6.23. The van der Waals surface area contributed by atoms with Gasteiger partial charge in [-0.2, -0.15) is 0 Å². The molecule has 0 radical (unpaired) electrons. The Labute approximate surface area is 112 Å². The monoisotopic (exact) mass is 273 g/mol. The number of carbonyl (C=O) groups is 3.